The van der Waals surface area contributed by atoms with Gasteiger partial charge in [-0.25, -0.2) is 0 Å². The number of nitrogens with zero attached hydrogens (tertiary/aromatic N) is 4. The molecule has 8 heteroatoms. The Morgan fingerprint density at radius 1 is 1.16 bits per heavy atom. The number of furan rings is 1. The second-order valence-corrected chi connectivity index (χ2v) is 7.39. The number of pyridine rings is 1. The minimum absolute atomic E-state index is 0.0212. The zero-order chi connectivity index (χ0) is 21.2. The molecule has 1 fully saturated rings. The maximum Gasteiger partial charge on any atom is 0.266 e. The van der Waals surface area contributed by atoms with Crippen LogP contribution < -0.4 is 10.2 Å². The first-order valence-corrected chi connectivity index (χ1v) is 10.1. The molecule has 3 aromatic heterocycles. The fourth-order valence-electron chi connectivity index (χ4n) is 3.89. The molecule has 1 saturated heterocycles. The van der Waals surface area contributed by atoms with Gasteiger partial charge in [-0.1, -0.05) is 18.2 Å². The number of hydrogen-bond acceptors (Lipinski definition) is 7. The highest BCUT2D eigenvalue weighted by Crippen LogP contribution is 2.32. The smallest absolute Gasteiger partial charge is 0.266 e. The maximum absolute atomic E-state index is 12.9. The van der Waals surface area contributed by atoms with E-state index >= 15 is 0 Å². The molecular weight excluding hydrogens is 394 g/mol. The van der Waals surface area contributed by atoms with E-state index < -0.39 is 0 Å². The van der Waals surface area contributed by atoms with Gasteiger partial charge in [-0.2, -0.15) is 10.2 Å². The molecule has 0 saturated carbocycles. The van der Waals surface area contributed by atoms with Crippen LogP contribution in [0.5, 0.6) is 0 Å². The molecular formula is C23H19N5O3. The van der Waals surface area contributed by atoms with Crippen molar-refractivity contribution in [3.63, 3.8) is 0 Å². The molecule has 4 heterocycles. The van der Waals surface area contributed by atoms with Gasteiger partial charge in [0, 0.05) is 30.6 Å². The molecule has 0 radical (unpaired) electrons. The maximum atomic E-state index is 12.9. The second kappa shape index (κ2) is 7.95. The Balaban J connectivity index is 1.27. The van der Waals surface area contributed by atoms with Crippen LogP contribution >= 0.6 is 0 Å². The lowest BCUT2D eigenvalue weighted by atomic mass is 9.95. The van der Waals surface area contributed by atoms with Crippen molar-refractivity contribution in [1.82, 2.24) is 9.97 Å². The van der Waals surface area contributed by atoms with Crippen LogP contribution in [0, 0.1) is 17.2 Å². The van der Waals surface area contributed by atoms with Crippen molar-refractivity contribution >= 4 is 28.4 Å². The van der Waals surface area contributed by atoms with Gasteiger partial charge >= 0.3 is 0 Å². The summed E-state index contributed by atoms with van der Waals surface area (Å²) in [6, 6.07) is 15.1. The van der Waals surface area contributed by atoms with Crippen molar-refractivity contribution in [2.75, 3.05) is 23.3 Å². The molecule has 0 bridgehead atoms. The van der Waals surface area contributed by atoms with Crippen LogP contribution in [0.4, 0.5) is 11.6 Å². The number of para-hydroxylation sites is 1. The predicted octanol–water partition coefficient (Wildman–Crippen LogP) is 4.21. The Bertz CT molecular complexity index is 1260. The molecule has 1 amide bonds. The quantitative estimate of drug-likeness (QED) is 0.534. The van der Waals surface area contributed by atoms with E-state index in [0.717, 1.165) is 16.6 Å². The van der Waals surface area contributed by atoms with Gasteiger partial charge in [0.2, 0.25) is 17.5 Å². The lowest BCUT2D eigenvalue weighted by Crippen LogP contribution is -2.38. The van der Waals surface area contributed by atoms with E-state index in [-0.39, 0.29) is 23.4 Å². The average Bonchev–Trinajstić information content (AvgIpc) is 3.49. The first-order valence-electron chi connectivity index (χ1n) is 10.1. The number of nitriles is 1. The average molecular weight is 413 g/mol. The highest BCUT2D eigenvalue weighted by Gasteiger charge is 2.29. The summed E-state index contributed by atoms with van der Waals surface area (Å²) in [6.07, 6.45) is 4.54. The van der Waals surface area contributed by atoms with Crippen molar-refractivity contribution in [2.24, 2.45) is 5.92 Å². The van der Waals surface area contributed by atoms with E-state index in [9.17, 15) is 10.1 Å². The summed E-state index contributed by atoms with van der Waals surface area (Å²) in [5, 5.41) is 13.5. The van der Waals surface area contributed by atoms with Gasteiger partial charge in [0.15, 0.2) is 5.76 Å². The van der Waals surface area contributed by atoms with Gasteiger partial charge in [0.1, 0.15) is 6.07 Å². The number of fused-ring (bicyclic) bond motifs is 1. The highest BCUT2D eigenvalue weighted by molar-refractivity contribution is 6.01. The van der Waals surface area contributed by atoms with E-state index in [4.69, 9.17) is 8.83 Å². The van der Waals surface area contributed by atoms with Gasteiger partial charge < -0.3 is 19.1 Å². The van der Waals surface area contributed by atoms with Gasteiger partial charge in [-0.15, -0.1) is 0 Å². The van der Waals surface area contributed by atoms with Crippen molar-refractivity contribution in [1.29, 1.82) is 5.26 Å². The number of hydrogen-bond donors (Lipinski definition) is 1. The lowest BCUT2D eigenvalue weighted by molar-refractivity contribution is -0.120. The molecule has 154 valence electrons. The summed E-state index contributed by atoms with van der Waals surface area (Å²) in [4.78, 5) is 23.5. The molecule has 5 rings (SSSR count). The van der Waals surface area contributed by atoms with Crippen LogP contribution in [-0.4, -0.2) is 29.0 Å². The van der Waals surface area contributed by atoms with Gasteiger partial charge in [-0.3, -0.25) is 9.78 Å². The van der Waals surface area contributed by atoms with Crippen molar-refractivity contribution in [3.05, 3.63) is 60.6 Å². The summed E-state index contributed by atoms with van der Waals surface area (Å²) < 4.78 is 11.1. The Kier molecular flexibility index (Phi) is 4.84. The third kappa shape index (κ3) is 3.62. The molecule has 8 nitrogen and oxygen atoms in total. The third-order valence-electron chi connectivity index (χ3n) is 5.49. The third-order valence-corrected chi connectivity index (χ3v) is 5.49. The molecule has 0 atom stereocenters. The lowest BCUT2D eigenvalue weighted by Gasteiger charge is -2.31. The Morgan fingerprint density at radius 3 is 2.77 bits per heavy atom. The normalized spacial score (nSPS) is 14.5. The van der Waals surface area contributed by atoms with Crippen molar-refractivity contribution in [2.45, 2.75) is 12.8 Å². The van der Waals surface area contributed by atoms with E-state index in [0.29, 0.717) is 37.6 Å². The topological polar surface area (TPSA) is 108 Å². The summed E-state index contributed by atoms with van der Waals surface area (Å²) in [6.45, 7) is 1.18. The monoisotopic (exact) mass is 413 g/mol. The number of nitrogens with one attached hydrogen (secondary N) is 1. The second-order valence-electron chi connectivity index (χ2n) is 7.39. The number of amides is 1. The van der Waals surface area contributed by atoms with Gasteiger partial charge in [0.25, 0.3) is 5.89 Å². The Hall–Kier alpha value is -4.12. The van der Waals surface area contributed by atoms with Crippen LogP contribution in [-0.2, 0) is 4.79 Å². The number of anilines is 2. The minimum atomic E-state index is -0.131. The van der Waals surface area contributed by atoms with E-state index in [1.807, 2.05) is 35.2 Å². The molecule has 0 aliphatic carbocycles. The van der Waals surface area contributed by atoms with E-state index in [2.05, 4.69) is 21.4 Å². The van der Waals surface area contributed by atoms with Gasteiger partial charge in [-0.05, 0) is 37.1 Å². The molecule has 1 N–H and O–H groups in total. The number of carbonyl (C=O) groups is 1. The fourth-order valence-corrected chi connectivity index (χ4v) is 3.89. The SMILES string of the molecule is N#Cc1nc(-c2ccco2)oc1N1CCC(C(=O)Nc2cccc3cccnc23)CC1. The largest absolute Gasteiger partial charge is 0.459 e. The summed E-state index contributed by atoms with van der Waals surface area (Å²) in [5.74, 6) is 1.02. The molecule has 31 heavy (non-hydrogen) atoms. The number of aromatic nitrogens is 2. The number of oxazole rings is 1. The number of carbonyl (C=O) groups excluding carboxylic acids is 1. The van der Waals surface area contributed by atoms with Crippen LogP contribution in [0.3, 0.4) is 0 Å². The minimum Gasteiger partial charge on any atom is -0.459 e. The molecule has 0 spiro atoms. The number of piperidine rings is 1. The summed E-state index contributed by atoms with van der Waals surface area (Å²) >= 11 is 0. The first kappa shape index (κ1) is 18.9. The number of rotatable bonds is 4. The van der Waals surface area contributed by atoms with E-state index in [1.54, 1.807) is 18.3 Å². The molecule has 4 aromatic rings. The predicted molar refractivity (Wildman–Crippen MR) is 114 cm³/mol. The Morgan fingerprint density at radius 2 is 2.00 bits per heavy atom. The zero-order valence-electron chi connectivity index (χ0n) is 16.6. The number of benzene rings is 1. The summed E-state index contributed by atoms with van der Waals surface area (Å²) in [7, 11) is 0. The van der Waals surface area contributed by atoms with Crippen LogP contribution in [0.15, 0.2) is 63.8 Å². The van der Waals surface area contributed by atoms with Crippen molar-refractivity contribution < 1.29 is 13.6 Å². The first-order chi connectivity index (χ1) is 15.2. The van der Waals surface area contributed by atoms with Crippen LogP contribution in [0.1, 0.15) is 18.5 Å². The summed E-state index contributed by atoms with van der Waals surface area (Å²) in [5.41, 5.74) is 1.72. The fraction of sp³-hybridized carbons (Fsp3) is 0.217. The molecule has 1 aliphatic rings. The van der Waals surface area contributed by atoms with Gasteiger partial charge in [0.05, 0.1) is 17.5 Å². The highest BCUT2D eigenvalue weighted by atomic mass is 16.4. The van der Waals surface area contributed by atoms with Crippen LogP contribution in [0.2, 0.25) is 0 Å². The Labute approximate surface area is 178 Å². The standard InChI is InChI=1S/C23H19N5O3/c24-14-18-23(31-22(27-18)19-7-3-13-30-19)28-11-8-16(9-12-28)21(29)26-17-6-1-4-15-5-2-10-25-20(15)17/h1-7,10,13,16H,8-9,11-12H2,(H,26,29). The van der Waals surface area contributed by atoms with Crippen LogP contribution in [0.25, 0.3) is 22.6 Å². The zero-order valence-corrected chi connectivity index (χ0v) is 16.6. The molecule has 0 unspecified atom stereocenters. The van der Waals surface area contributed by atoms with E-state index in [1.165, 1.54) is 6.26 Å². The molecule has 1 aromatic carbocycles. The molecule has 1 aliphatic heterocycles. The van der Waals surface area contributed by atoms with Crippen molar-refractivity contribution in [3.8, 4) is 17.7 Å².